The van der Waals surface area contributed by atoms with Crippen LogP contribution in [0.4, 0.5) is 5.82 Å². The molecule has 1 aliphatic rings. The fourth-order valence-corrected chi connectivity index (χ4v) is 3.19. The summed E-state index contributed by atoms with van der Waals surface area (Å²) in [6, 6.07) is 7.99. The average Bonchev–Trinajstić information content (AvgIpc) is 3.23. The number of nitrogens with one attached hydrogen (secondary N) is 1. The molecule has 0 amide bonds. The number of H-pyrrole nitrogens is 1. The number of aromatic amines is 1. The standard InChI is InChI=1S/C16H18N6O/c1-10-16(20-13-6-4-3-5-12(13)19-10)22-8-11(23-2)7-14(22)15-17-9-18-21-15/h3-6,9,11,14H,7-8H2,1-2H3,(H,17,18,21)/t11-,14+/m1/s1. The van der Waals surface area contributed by atoms with Crippen molar-refractivity contribution in [1.82, 2.24) is 25.1 Å². The Hall–Kier alpha value is -2.54. The van der Waals surface area contributed by atoms with E-state index in [1.807, 2.05) is 31.2 Å². The van der Waals surface area contributed by atoms with Crippen LogP contribution in [0.2, 0.25) is 0 Å². The lowest BCUT2D eigenvalue weighted by atomic mass is 10.2. The van der Waals surface area contributed by atoms with E-state index in [1.54, 1.807) is 7.11 Å². The van der Waals surface area contributed by atoms with Gasteiger partial charge in [-0.25, -0.2) is 15.0 Å². The number of anilines is 1. The fourth-order valence-electron chi connectivity index (χ4n) is 3.19. The first-order valence-electron chi connectivity index (χ1n) is 7.64. The molecule has 0 radical (unpaired) electrons. The smallest absolute Gasteiger partial charge is 0.151 e. The molecule has 0 spiro atoms. The van der Waals surface area contributed by atoms with Gasteiger partial charge >= 0.3 is 0 Å². The molecule has 0 aliphatic carbocycles. The van der Waals surface area contributed by atoms with Crippen LogP contribution in [0, 0.1) is 6.92 Å². The molecule has 118 valence electrons. The van der Waals surface area contributed by atoms with Crippen molar-refractivity contribution in [2.24, 2.45) is 0 Å². The topological polar surface area (TPSA) is 79.8 Å². The molecule has 3 aromatic rings. The van der Waals surface area contributed by atoms with Crippen LogP contribution in [0.25, 0.3) is 11.0 Å². The normalized spacial score (nSPS) is 21.2. The van der Waals surface area contributed by atoms with Crippen LogP contribution in [0.3, 0.4) is 0 Å². The fraction of sp³-hybridized carbons (Fsp3) is 0.375. The van der Waals surface area contributed by atoms with Gasteiger partial charge in [0.2, 0.25) is 0 Å². The molecule has 3 heterocycles. The van der Waals surface area contributed by atoms with Gasteiger partial charge in [0.15, 0.2) is 5.82 Å². The maximum atomic E-state index is 5.57. The van der Waals surface area contributed by atoms with Crippen LogP contribution in [-0.2, 0) is 4.74 Å². The first-order chi connectivity index (χ1) is 11.3. The van der Waals surface area contributed by atoms with Crippen molar-refractivity contribution in [1.29, 1.82) is 0 Å². The minimum Gasteiger partial charge on any atom is -0.380 e. The van der Waals surface area contributed by atoms with Crippen LogP contribution in [0.15, 0.2) is 30.6 Å². The van der Waals surface area contributed by atoms with E-state index in [-0.39, 0.29) is 12.1 Å². The molecule has 1 aromatic carbocycles. The van der Waals surface area contributed by atoms with Gasteiger partial charge in [-0.15, -0.1) is 0 Å². The zero-order valence-corrected chi connectivity index (χ0v) is 13.1. The van der Waals surface area contributed by atoms with E-state index in [0.717, 1.165) is 41.3 Å². The predicted molar refractivity (Wildman–Crippen MR) is 86.2 cm³/mol. The largest absolute Gasteiger partial charge is 0.380 e. The molecule has 1 saturated heterocycles. The molecular formula is C16H18N6O. The molecule has 1 fully saturated rings. The second kappa shape index (κ2) is 5.58. The van der Waals surface area contributed by atoms with Gasteiger partial charge < -0.3 is 9.64 Å². The summed E-state index contributed by atoms with van der Waals surface area (Å²) in [4.78, 5) is 16.1. The van der Waals surface area contributed by atoms with Crippen molar-refractivity contribution in [3.05, 3.63) is 42.1 Å². The van der Waals surface area contributed by atoms with Crippen LogP contribution in [0.1, 0.15) is 24.0 Å². The zero-order chi connectivity index (χ0) is 15.8. The highest BCUT2D eigenvalue weighted by atomic mass is 16.5. The van der Waals surface area contributed by atoms with E-state index in [2.05, 4.69) is 20.1 Å². The van der Waals surface area contributed by atoms with E-state index in [1.165, 1.54) is 6.33 Å². The molecule has 2 aromatic heterocycles. The van der Waals surface area contributed by atoms with Gasteiger partial charge in [-0.1, -0.05) is 12.1 Å². The molecule has 1 aliphatic heterocycles. The number of nitrogens with zero attached hydrogens (tertiary/aromatic N) is 5. The lowest BCUT2D eigenvalue weighted by molar-refractivity contribution is 0.118. The van der Waals surface area contributed by atoms with E-state index in [0.29, 0.717) is 0 Å². The lowest BCUT2D eigenvalue weighted by Gasteiger charge is -2.25. The summed E-state index contributed by atoms with van der Waals surface area (Å²) in [5.41, 5.74) is 2.71. The second-order valence-electron chi connectivity index (χ2n) is 5.75. The summed E-state index contributed by atoms with van der Waals surface area (Å²) in [5, 5.41) is 6.95. The number of hydrogen-bond acceptors (Lipinski definition) is 6. The van der Waals surface area contributed by atoms with E-state index < -0.39 is 0 Å². The van der Waals surface area contributed by atoms with Crippen molar-refractivity contribution in [2.45, 2.75) is 25.5 Å². The lowest BCUT2D eigenvalue weighted by Crippen LogP contribution is -2.27. The van der Waals surface area contributed by atoms with Gasteiger partial charge in [-0.2, -0.15) is 5.10 Å². The van der Waals surface area contributed by atoms with Crippen LogP contribution in [-0.4, -0.2) is 44.9 Å². The number of aryl methyl sites for hydroxylation is 1. The summed E-state index contributed by atoms with van der Waals surface area (Å²) in [6.07, 6.45) is 2.52. The molecule has 23 heavy (non-hydrogen) atoms. The highest BCUT2D eigenvalue weighted by Gasteiger charge is 2.36. The highest BCUT2D eigenvalue weighted by Crippen LogP contribution is 2.36. The van der Waals surface area contributed by atoms with Gasteiger partial charge in [-0.05, 0) is 19.1 Å². The quantitative estimate of drug-likeness (QED) is 0.797. The Labute approximate surface area is 133 Å². The highest BCUT2D eigenvalue weighted by molar-refractivity contribution is 5.76. The molecule has 7 nitrogen and oxygen atoms in total. The second-order valence-corrected chi connectivity index (χ2v) is 5.75. The van der Waals surface area contributed by atoms with Gasteiger partial charge in [-0.3, -0.25) is 5.10 Å². The third-order valence-corrected chi connectivity index (χ3v) is 4.34. The Balaban J connectivity index is 1.79. The molecule has 0 saturated carbocycles. The predicted octanol–water partition coefficient (Wildman–Crippen LogP) is 2.02. The van der Waals surface area contributed by atoms with Gasteiger partial charge in [0.05, 0.1) is 28.9 Å². The van der Waals surface area contributed by atoms with Crippen molar-refractivity contribution in [3.63, 3.8) is 0 Å². The monoisotopic (exact) mass is 310 g/mol. The summed E-state index contributed by atoms with van der Waals surface area (Å²) >= 11 is 0. The maximum absolute atomic E-state index is 5.57. The Morgan fingerprint density at radius 1 is 1.22 bits per heavy atom. The van der Waals surface area contributed by atoms with Gasteiger partial charge in [0.25, 0.3) is 0 Å². The number of rotatable bonds is 3. The minimum atomic E-state index is 0.0663. The molecule has 1 N–H and O–H groups in total. The number of hydrogen-bond donors (Lipinski definition) is 1. The molecule has 7 heteroatoms. The number of aromatic nitrogens is 5. The number of methoxy groups -OCH3 is 1. The van der Waals surface area contributed by atoms with Crippen LogP contribution in [0.5, 0.6) is 0 Å². The average molecular weight is 310 g/mol. The van der Waals surface area contributed by atoms with E-state index in [9.17, 15) is 0 Å². The van der Waals surface area contributed by atoms with Crippen molar-refractivity contribution in [2.75, 3.05) is 18.6 Å². The first-order valence-corrected chi connectivity index (χ1v) is 7.64. The summed E-state index contributed by atoms with van der Waals surface area (Å²) in [5.74, 6) is 1.71. The maximum Gasteiger partial charge on any atom is 0.151 e. The van der Waals surface area contributed by atoms with Crippen molar-refractivity contribution < 1.29 is 4.74 Å². The van der Waals surface area contributed by atoms with Crippen LogP contribution >= 0.6 is 0 Å². The number of fused-ring (bicyclic) bond motifs is 1. The minimum absolute atomic E-state index is 0.0663. The molecular weight excluding hydrogens is 292 g/mol. The zero-order valence-electron chi connectivity index (χ0n) is 13.1. The molecule has 0 unspecified atom stereocenters. The Kier molecular flexibility index (Phi) is 3.42. The van der Waals surface area contributed by atoms with Crippen LogP contribution < -0.4 is 4.90 Å². The SMILES string of the molecule is CO[C@@H]1C[C@@H](c2ncn[nH]2)N(c2nc3ccccc3nc2C)C1. The molecule has 0 bridgehead atoms. The Bertz CT molecular complexity index is 819. The third kappa shape index (κ3) is 2.43. The first kappa shape index (κ1) is 14.1. The van der Waals surface area contributed by atoms with E-state index in [4.69, 9.17) is 14.7 Å². The third-order valence-electron chi connectivity index (χ3n) is 4.34. The summed E-state index contributed by atoms with van der Waals surface area (Å²) < 4.78 is 5.57. The molecule has 2 atom stereocenters. The van der Waals surface area contributed by atoms with Crippen molar-refractivity contribution in [3.8, 4) is 0 Å². The molecule has 4 rings (SSSR count). The van der Waals surface area contributed by atoms with E-state index >= 15 is 0 Å². The summed E-state index contributed by atoms with van der Waals surface area (Å²) in [7, 11) is 1.74. The number of para-hydroxylation sites is 2. The van der Waals surface area contributed by atoms with Crippen molar-refractivity contribution >= 4 is 16.9 Å². The number of benzene rings is 1. The van der Waals surface area contributed by atoms with Gasteiger partial charge in [0.1, 0.15) is 12.2 Å². The Morgan fingerprint density at radius 3 is 2.70 bits per heavy atom. The van der Waals surface area contributed by atoms with Gasteiger partial charge in [0, 0.05) is 20.1 Å². The Morgan fingerprint density at radius 2 is 2.00 bits per heavy atom. The summed E-state index contributed by atoms with van der Waals surface area (Å²) in [6.45, 7) is 2.75. The number of ether oxygens (including phenoxy) is 1.